The monoisotopic (exact) mass is 249 g/mol. The Bertz CT molecular complexity index is 483. The maximum Gasteiger partial charge on any atom is 0.134 e. The number of thiazole rings is 1. The molecule has 0 unspecified atom stereocenters. The van der Waals surface area contributed by atoms with Gasteiger partial charge >= 0.3 is 0 Å². The molecular formula is C11H15N5S. The molecule has 0 atom stereocenters. The number of hydrogen-bond acceptors (Lipinski definition) is 6. The first-order valence-electron chi connectivity index (χ1n) is 5.30. The quantitative estimate of drug-likeness (QED) is 0.897. The highest BCUT2D eigenvalue weighted by molar-refractivity contribution is 7.07. The number of rotatable bonds is 4. The fourth-order valence-electron chi connectivity index (χ4n) is 1.52. The van der Waals surface area contributed by atoms with Crippen molar-refractivity contribution in [1.29, 1.82) is 0 Å². The summed E-state index contributed by atoms with van der Waals surface area (Å²) in [5.41, 5.74) is 2.90. The molecule has 0 spiro atoms. The van der Waals surface area contributed by atoms with Crippen LogP contribution in [0.25, 0.3) is 0 Å². The Hall–Kier alpha value is -1.69. The van der Waals surface area contributed by atoms with Crippen LogP contribution in [-0.4, -0.2) is 29.0 Å². The third-order valence-electron chi connectivity index (χ3n) is 2.35. The number of aromatic nitrogens is 3. The Balaban J connectivity index is 2.18. The first kappa shape index (κ1) is 11.8. The number of aryl methyl sites for hydroxylation is 1. The first-order chi connectivity index (χ1) is 8.19. The van der Waals surface area contributed by atoms with E-state index in [1.165, 1.54) is 0 Å². The highest BCUT2D eigenvalue weighted by Gasteiger charge is 2.07. The summed E-state index contributed by atoms with van der Waals surface area (Å²) < 4.78 is 0. The molecule has 5 nitrogen and oxygen atoms in total. The molecule has 90 valence electrons. The van der Waals surface area contributed by atoms with Gasteiger partial charge in [0.25, 0.3) is 0 Å². The maximum absolute atomic E-state index is 4.41. The van der Waals surface area contributed by atoms with Gasteiger partial charge in [-0.25, -0.2) is 15.0 Å². The second-order valence-electron chi connectivity index (χ2n) is 3.74. The molecular weight excluding hydrogens is 234 g/mol. The molecule has 17 heavy (non-hydrogen) atoms. The summed E-state index contributed by atoms with van der Waals surface area (Å²) in [7, 11) is 3.85. The molecule has 0 amide bonds. The Morgan fingerprint density at radius 2 is 2.24 bits per heavy atom. The number of nitrogens with zero attached hydrogens (tertiary/aromatic N) is 4. The normalized spacial score (nSPS) is 10.3. The molecule has 2 aromatic rings. The van der Waals surface area contributed by atoms with E-state index in [9.17, 15) is 0 Å². The maximum atomic E-state index is 4.41. The van der Waals surface area contributed by atoms with Gasteiger partial charge in [0.05, 0.1) is 17.7 Å². The van der Waals surface area contributed by atoms with E-state index in [0.29, 0.717) is 0 Å². The van der Waals surface area contributed by atoms with Crippen LogP contribution in [-0.2, 0) is 6.54 Å². The summed E-state index contributed by atoms with van der Waals surface area (Å²) in [5, 5.41) is 5.08. The molecule has 0 aromatic carbocycles. The van der Waals surface area contributed by atoms with E-state index in [4.69, 9.17) is 0 Å². The van der Waals surface area contributed by atoms with Crippen molar-refractivity contribution in [3.63, 3.8) is 0 Å². The summed E-state index contributed by atoms with van der Waals surface area (Å²) in [6.07, 6.45) is 0. The number of anilines is 2. The Labute approximate surface area is 105 Å². The minimum absolute atomic E-state index is 0.753. The van der Waals surface area contributed by atoms with E-state index in [0.717, 1.165) is 29.7 Å². The molecule has 0 aliphatic carbocycles. The van der Waals surface area contributed by atoms with Crippen molar-refractivity contribution >= 4 is 23.0 Å². The van der Waals surface area contributed by atoms with Crippen molar-refractivity contribution in [2.75, 3.05) is 24.3 Å². The van der Waals surface area contributed by atoms with Gasteiger partial charge in [-0.2, -0.15) is 0 Å². The average Bonchev–Trinajstić information content (AvgIpc) is 2.81. The lowest BCUT2D eigenvalue weighted by Gasteiger charge is -2.17. The lowest BCUT2D eigenvalue weighted by molar-refractivity contribution is 0.860. The summed E-state index contributed by atoms with van der Waals surface area (Å²) in [6, 6.07) is 1.93. The van der Waals surface area contributed by atoms with Gasteiger partial charge in [0.1, 0.15) is 17.5 Å². The van der Waals surface area contributed by atoms with Crippen LogP contribution in [0.1, 0.15) is 11.5 Å². The van der Waals surface area contributed by atoms with Gasteiger partial charge in [-0.15, -0.1) is 11.3 Å². The highest BCUT2D eigenvalue weighted by Crippen LogP contribution is 2.16. The first-order valence-corrected chi connectivity index (χ1v) is 6.25. The van der Waals surface area contributed by atoms with Gasteiger partial charge in [-0.05, 0) is 6.92 Å². The Morgan fingerprint density at radius 3 is 2.88 bits per heavy atom. The second-order valence-corrected chi connectivity index (χ2v) is 4.46. The molecule has 2 rings (SSSR count). The lowest BCUT2D eigenvalue weighted by Crippen LogP contribution is -2.18. The SMILES string of the molecule is CNc1cc(N(C)Cc2cscn2)nc(C)n1. The summed E-state index contributed by atoms with van der Waals surface area (Å²) >= 11 is 1.60. The molecule has 2 heterocycles. The smallest absolute Gasteiger partial charge is 0.134 e. The zero-order valence-electron chi connectivity index (χ0n) is 10.1. The highest BCUT2D eigenvalue weighted by atomic mass is 32.1. The number of nitrogens with one attached hydrogen (secondary N) is 1. The molecule has 0 aliphatic rings. The third kappa shape index (κ3) is 2.91. The van der Waals surface area contributed by atoms with E-state index >= 15 is 0 Å². The fourth-order valence-corrected chi connectivity index (χ4v) is 2.06. The predicted molar refractivity (Wildman–Crippen MR) is 70.5 cm³/mol. The van der Waals surface area contributed by atoms with Crippen molar-refractivity contribution < 1.29 is 0 Å². The minimum atomic E-state index is 0.753. The molecule has 1 N–H and O–H groups in total. The van der Waals surface area contributed by atoms with Gasteiger partial charge < -0.3 is 10.2 Å². The van der Waals surface area contributed by atoms with E-state index in [2.05, 4.69) is 25.2 Å². The van der Waals surface area contributed by atoms with E-state index in [1.54, 1.807) is 11.3 Å². The molecule has 0 saturated carbocycles. The zero-order chi connectivity index (χ0) is 12.3. The van der Waals surface area contributed by atoms with Crippen molar-refractivity contribution in [3.05, 3.63) is 28.5 Å². The van der Waals surface area contributed by atoms with Crippen LogP contribution >= 0.6 is 11.3 Å². The van der Waals surface area contributed by atoms with Crippen molar-refractivity contribution in [1.82, 2.24) is 15.0 Å². The summed E-state index contributed by atoms with van der Waals surface area (Å²) in [5.74, 6) is 2.49. The lowest BCUT2D eigenvalue weighted by atomic mass is 10.4. The van der Waals surface area contributed by atoms with Crippen LogP contribution in [0.4, 0.5) is 11.6 Å². The standard InChI is InChI=1S/C11H15N5S/c1-8-14-10(12-2)4-11(15-8)16(3)5-9-6-17-7-13-9/h4,6-7H,5H2,1-3H3,(H,12,14,15). The molecule has 2 aromatic heterocycles. The number of hydrogen-bond donors (Lipinski definition) is 1. The topological polar surface area (TPSA) is 53.9 Å². The summed E-state index contributed by atoms with van der Waals surface area (Å²) in [6.45, 7) is 2.64. The van der Waals surface area contributed by atoms with E-state index < -0.39 is 0 Å². The minimum Gasteiger partial charge on any atom is -0.373 e. The van der Waals surface area contributed by atoms with Crippen molar-refractivity contribution in [2.24, 2.45) is 0 Å². The van der Waals surface area contributed by atoms with Gasteiger partial charge in [-0.1, -0.05) is 0 Å². The van der Waals surface area contributed by atoms with Crippen molar-refractivity contribution in [2.45, 2.75) is 13.5 Å². The fraction of sp³-hybridized carbons (Fsp3) is 0.364. The van der Waals surface area contributed by atoms with Crippen LogP contribution in [0.5, 0.6) is 0 Å². The van der Waals surface area contributed by atoms with Gasteiger partial charge in [-0.3, -0.25) is 0 Å². The van der Waals surface area contributed by atoms with Crippen LogP contribution in [0.15, 0.2) is 17.0 Å². The third-order valence-corrected chi connectivity index (χ3v) is 2.99. The molecule has 0 aliphatic heterocycles. The average molecular weight is 249 g/mol. The van der Waals surface area contributed by atoms with Crippen LogP contribution in [0, 0.1) is 6.92 Å². The molecule has 0 radical (unpaired) electrons. The van der Waals surface area contributed by atoms with Crippen molar-refractivity contribution in [3.8, 4) is 0 Å². The largest absolute Gasteiger partial charge is 0.373 e. The summed E-state index contributed by atoms with van der Waals surface area (Å²) in [4.78, 5) is 15.0. The van der Waals surface area contributed by atoms with Crippen LogP contribution < -0.4 is 10.2 Å². The van der Waals surface area contributed by atoms with Gasteiger partial charge in [0.15, 0.2) is 0 Å². The van der Waals surface area contributed by atoms with E-state index in [1.807, 2.05) is 38.0 Å². The Kier molecular flexibility index (Phi) is 3.53. The van der Waals surface area contributed by atoms with Gasteiger partial charge in [0.2, 0.25) is 0 Å². The van der Waals surface area contributed by atoms with Crippen LogP contribution in [0.2, 0.25) is 0 Å². The Morgan fingerprint density at radius 1 is 1.41 bits per heavy atom. The van der Waals surface area contributed by atoms with E-state index in [-0.39, 0.29) is 0 Å². The molecule has 0 saturated heterocycles. The van der Waals surface area contributed by atoms with Crippen LogP contribution in [0.3, 0.4) is 0 Å². The van der Waals surface area contributed by atoms with Gasteiger partial charge in [0, 0.05) is 25.5 Å². The second kappa shape index (κ2) is 5.09. The zero-order valence-corrected chi connectivity index (χ0v) is 11.0. The predicted octanol–water partition coefficient (Wildman–Crippen LogP) is 1.92. The molecule has 6 heteroatoms. The molecule has 0 bridgehead atoms. The molecule has 0 fully saturated rings.